The van der Waals surface area contributed by atoms with E-state index in [1.807, 2.05) is 42.1 Å². The van der Waals surface area contributed by atoms with Crippen LogP contribution in [0.25, 0.3) is 0 Å². The lowest BCUT2D eigenvalue weighted by atomic mass is 9.88. The number of hydrogen-bond acceptors (Lipinski definition) is 5. The van der Waals surface area contributed by atoms with Gasteiger partial charge in [0.25, 0.3) is 0 Å². The third-order valence-corrected chi connectivity index (χ3v) is 7.50. The van der Waals surface area contributed by atoms with Gasteiger partial charge in [0.1, 0.15) is 0 Å². The van der Waals surface area contributed by atoms with Gasteiger partial charge in [-0.25, -0.2) is 13.1 Å². The molecule has 0 bridgehead atoms. The van der Waals surface area contributed by atoms with Gasteiger partial charge in [-0.05, 0) is 24.8 Å². The lowest BCUT2D eigenvalue weighted by molar-refractivity contribution is -0.0218. The van der Waals surface area contributed by atoms with Crippen LogP contribution in [-0.2, 0) is 21.2 Å². The Hall–Kier alpha value is -0.600. The van der Waals surface area contributed by atoms with E-state index in [0.717, 1.165) is 56.2 Å². The summed E-state index contributed by atoms with van der Waals surface area (Å²) in [6.07, 6.45) is 2.35. The Kier molecular flexibility index (Phi) is 6.79. The highest BCUT2D eigenvalue weighted by Gasteiger charge is 2.39. The SMILES string of the molecule is O=S(=O)(CCc1ccccc1)NCC1(N2CCSCC2)CCOCC1. The number of ether oxygens (including phenoxy) is 1. The molecule has 25 heavy (non-hydrogen) atoms. The summed E-state index contributed by atoms with van der Waals surface area (Å²) in [5.74, 6) is 2.40. The van der Waals surface area contributed by atoms with Crippen molar-refractivity contribution >= 4 is 21.8 Å². The van der Waals surface area contributed by atoms with Gasteiger partial charge in [-0.1, -0.05) is 30.3 Å². The van der Waals surface area contributed by atoms with Crippen LogP contribution in [0.3, 0.4) is 0 Å². The first-order chi connectivity index (χ1) is 12.1. The molecule has 0 unspecified atom stereocenters. The summed E-state index contributed by atoms with van der Waals surface area (Å²) in [5.41, 5.74) is 0.973. The molecule has 0 aliphatic carbocycles. The third-order valence-electron chi connectivity index (χ3n) is 5.23. The van der Waals surface area contributed by atoms with Crippen molar-refractivity contribution in [1.82, 2.24) is 9.62 Å². The second kappa shape index (κ2) is 8.86. The normalized spacial score (nSPS) is 21.9. The van der Waals surface area contributed by atoms with Crippen molar-refractivity contribution in [2.24, 2.45) is 0 Å². The second-order valence-corrected chi connectivity index (χ2v) is 9.96. The van der Waals surface area contributed by atoms with Crippen LogP contribution in [0, 0.1) is 0 Å². The smallest absolute Gasteiger partial charge is 0.211 e. The number of nitrogens with one attached hydrogen (secondary N) is 1. The summed E-state index contributed by atoms with van der Waals surface area (Å²) in [5, 5.41) is 0. The molecule has 2 fully saturated rings. The van der Waals surface area contributed by atoms with Gasteiger partial charge in [-0.3, -0.25) is 4.90 Å². The standard InChI is InChI=1S/C18H28N2O3S2/c21-25(22,15-6-17-4-2-1-3-5-17)19-16-18(7-11-23-12-8-18)20-9-13-24-14-10-20/h1-5,19H,6-16H2. The van der Waals surface area contributed by atoms with E-state index in [4.69, 9.17) is 4.74 Å². The third kappa shape index (κ3) is 5.44. The Labute approximate surface area is 155 Å². The van der Waals surface area contributed by atoms with Gasteiger partial charge in [-0.2, -0.15) is 11.8 Å². The molecular weight excluding hydrogens is 356 g/mol. The van der Waals surface area contributed by atoms with E-state index in [2.05, 4.69) is 9.62 Å². The zero-order valence-corrected chi connectivity index (χ0v) is 16.3. The number of thioether (sulfide) groups is 1. The molecule has 0 radical (unpaired) electrons. The van der Waals surface area contributed by atoms with Crippen LogP contribution >= 0.6 is 11.8 Å². The molecule has 0 aromatic heterocycles. The zero-order valence-electron chi connectivity index (χ0n) is 14.7. The average molecular weight is 385 g/mol. The molecule has 5 nitrogen and oxygen atoms in total. The van der Waals surface area contributed by atoms with Gasteiger partial charge in [0.05, 0.1) is 5.75 Å². The van der Waals surface area contributed by atoms with Crippen molar-refractivity contribution in [2.75, 3.05) is 50.1 Å². The van der Waals surface area contributed by atoms with Crippen molar-refractivity contribution in [3.05, 3.63) is 35.9 Å². The van der Waals surface area contributed by atoms with Crippen molar-refractivity contribution in [3.63, 3.8) is 0 Å². The lowest BCUT2D eigenvalue weighted by Crippen LogP contribution is -2.60. The molecule has 0 spiro atoms. The summed E-state index contributed by atoms with van der Waals surface area (Å²) in [6, 6.07) is 9.78. The van der Waals surface area contributed by atoms with Crippen molar-refractivity contribution in [3.8, 4) is 0 Å². The monoisotopic (exact) mass is 384 g/mol. The highest BCUT2D eigenvalue weighted by molar-refractivity contribution is 7.99. The van der Waals surface area contributed by atoms with E-state index in [1.165, 1.54) is 0 Å². The molecule has 0 atom stereocenters. The predicted octanol–water partition coefficient (Wildman–Crippen LogP) is 1.75. The fourth-order valence-electron chi connectivity index (χ4n) is 3.61. The molecule has 2 saturated heterocycles. The van der Waals surface area contributed by atoms with Gasteiger partial charge in [-0.15, -0.1) is 0 Å². The number of hydrogen-bond donors (Lipinski definition) is 1. The summed E-state index contributed by atoms with van der Waals surface area (Å²) in [4.78, 5) is 2.49. The molecule has 1 aromatic carbocycles. The first kappa shape index (κ1) is 19.2. The minimum absolute atomic E-state index is 0.0843. The molecule has 1 N–H and O–H groups in total. The molecular formula is C18H28N2O3S2. The zero-order chi connectivity index (χ0) is 17.6. The van der Waals surface area contributed by atoms with E-state index in [9.17, 15) is 8.42 Å². The van der Waals surface area contributed by atoms with Crippen molar-refractivity contribution < 1.29 is 13.2 Å². The summed E-state index contributed by atoms with van der Waals surface area (Å²) >= 11 is 1.98. The van der Waals surface area contributed by atoms with Gasteiger partial charge in [0.2, 0.25) is 10.0 Å². The lowest BCUT2D eigenvalue weighted by Gasteiger charge is -2.48. The van der Waals surface area contributed by atoms with Gasteiger partial charge < -0.3 is 4.74 Å². The first-order valence-corrected chi connectivity index (χ1v) is 11.8. The summed E-state index contributed by atoms with van der Waals surface area (Å²) in [6.45, 7) is 4.01. The maximum absolute atomic E-state index is 12.5. The van der Waals surface area contributed by atoms with E-state index in [1.54, 1.807) is 0 Å². The average Bonchev–Trinajstić information content (AvgIpc) is 2.67. The minimum atomic E-state index is -3.28. The van der Waals surface area contributed by atoms with Crippen LogP contribution in [0.15, 0.2) is 30.3 Å². The number of sulfonamides is 1. The van der Waals surface area contributed by atoms with E-state index >= 15 is 0 Å². The quantitative estimate of drug-likeness (QED) is 0.776. The second-order valence-electron chi connectivity index (χ2n) is 6.81. The number of rotatable bonds is 7. The van der Waals surface area contributed by atoms with Crippen LogP contribution in [0.2, 0.25) is 0 Å². The molecule has 2 aliphatic rings. The highest BCUT2D eigenvalue weighted by Crippen LogP contribution is 2.30. The van der Waals surface area contributed by atoms with E-state index < -0.39 is 10.0 Å². The topological polar surface area (TPSA) is 58.6 Å². The number of benzene rings is 1. The first-order valence-electron chi connectivity index (χ1n) is 9.02. The Morgan fingerprint density at radius 2 is 1.80 bits per heavy atom. The van der Waals surface area contributed by atoms with Crippen LogP contribution in [0.5, 0.6) is 0 Å². The van der Waals surface area contributed by atoms with Crippen LogP contribution < -0.4 is 4.72 Å². The van der Waals surface area contributed by atoms with Crippen LogP contribution in [-0.4, -0.2) is 69.0 Å². The molecule has 3 rings (SSSR count). The van der Waals surface area contributed by atoms with Gasteiger partial charge in [0.15, 0.2) is 0 Å². The molecule has 140 valence electrons. The Balaban J connectivity index is 1.59. The molecule has 0 saturated carbocycles. The Bertz CT molecular complexity index is 625. The molecule has 2 heterocycles. The highest BCUT2D eigenvalue weighted by atomic mass is 32.2. The van der Waals surface area contributed by atoms with Crippen LogP contribution in [0.4, 0.5) is 0 Å². The van der Waals surface area contributed by atoms with E-state index in [-0.39, 0.29) is 11.3 Å². The predicted molar refractivity (Wildman–Crippen MR) is 104 cm³/mol. The maximum atomic E-state index is 12.5. The minimum Gasteiger partial charge on any atom is -0.381 e. The molecule has 7 heteroatoms. The Morgan fingerprint density at radius 3 is 2.48 bits per heavy atom. The largest absolute Gasteiger partial charge is 0.381 e. The van der Waals surface area contributed by atoms with Crippen molar-refractivity contribution in [1.29, 1.82) is 0 Å². The fourth-order valence-corrected chi connectivity index (χ4v) is 5.65. The maximum Gasteiger partial charge on any atom is 0.211 e. The van der Waals surface area contributed by atoms with Gasteiger partial charge in [0, 0.05) is 49.9 Å². The molecule has 2 aliphatic heterocycles. The van der Waals surface area contributed by atoms with Gasteiger partial charge >= 0.3 is 0 Å². The fraction of sp³-hybridized carbons (Fsp3) is 0.667. The summed E-state index contributed by atoms with van der Waals surface area (Å²) < 4.78 is 33.5. The van der Waals surface area contributed by atoms with Crippen molar-refractivity contribution in [2.45, 2.75) is 24.8 Å². The summed E-state index contributed by atoms with van der Waals surface area (Å²) in [7, 11) is -3.28. The Morgan fingerprint density at radius 1 is 1.12 bits per heavy atom. The molecule has 0 amide bonds. The van der Waals surface area contributed by atoms with E-state index in [0.29, 0.717) is 13.0 Å². The molecule has 1 aromatic rings. The number of nitrogens with zero attached hydrogens (tertiary/aromatic N) is 1. The number of aryl methyl sites for hydroxylation is 1. The van der Waals surface area contributed by atoms with Crippen LogP contribution in [0.1, 0.15) is 18.4 Å².